The minimum atomic E-state index is 0.329. The Morgan fingerprint density at radius 2 is 2.20 bits per heavy atom. The first-order valence-corrected chi connectivity index (χ1v) is 6.64. The fourth-order valence-electron chi connectivity index (χ4n) is 2.14. The van der Waals surface area contributed by atoms with E-state index in [0.717, 1.165) is 5.92 Å². The number of nitrogens with zero attached hydrogens (tertiary/aromatic N) is 6. The van der Waals surface area contributed by atoms with Crippen molar-refractivity contribution in [2.75, 3.05) is 17.4 Å². The first-order chi connectivity index (χ1) is 9.69. The predicted molar refractivity (Wildman–Crippen MR) is 75.3 cm³/mol. The van der Waals surface area contributed by atoms with Gasteiger partial charge in [0.05, 0.1) is 0 Å². The Morgan fingerprint density at radius 1 is 1.40 bits per heavy atom. The van der Waals surface area contributed by atoms with E-state index in [0.29, 0.717) is 23.9 Å². The smallest absolute Gasteiger partial charge is 0.257 e. The average molecular weight is 274 g/mol. The number of nitrogens with one attached hydrogen (secondary N) is 1. The molecule has 0 radical (unpaired) electrons. The van der Waals surface area contributed by atoms with Crippen molar-refractivity contribution < 1.29 is 0 Å². The molecular weight excluding hydrogens is 256 g/mol. The number of nitrogens with two attached hydrogens (primary N) is 1. The molecule has 2 aromatic rings. The molecule has 1 unspecified atom stereocenters. The zero-order valence-corrected chi connectivity index (χ0v) is 11.6. The second-order valence-corrected chi connectivity index (χ2v) is 5.04. The summed E-state index contributed by atoms with van der Waals surface area (Å²) >= 11 is 0. The maximum absolute atomic E-state index is 5.44. The molecule has 0 bridgehead atoms. The standard InChI is InChI=1S/C12H18N8/c1-8(9-4-5-9)19(2)11-15-10(18-13)16-12(17-11)20-7-3-6-14-20/h3,6-9H,4-5,13H2,1-2H3,(H,15,16,17,18). The van der Waals surface area contributed by atoms with E-state index in [4.69, 9.17) is 5.84 Å². The van der Waals surface area contributed by atoms with Crippen molar-refractivity contribution in [3.05, 3.63) is 18.5 Å². The number of hydrogen-bond donors (Lipinski definition) is 2. The van der Waals surface area contributed by atoms with Gasteiger partial charge in [0.1, 0.15) is 0 Å². The SMILES string of the molecule is CC(C1CC1)N(C)c1nc(NN)nc(-n2cccn2)n1. The maximum Gasteiger partial charge on any atom is 0.257 e. The third-order valence-corrected chi connectivity index (χ3v) is 3.68. The van der Waals surface area contributed by atoms with Crippen molar-refractivity contribution >= 4 is 11.9 Å². The Kier molecular flexibility index (Phi) is 3.23. The minimum absolute atomic E-state index is 0.329. The second-order valence-electron chi connectivity index (χ2n) is 5.04. The molecule has 1 atom stereocenters. The van der Waals surface area contributed by atoms with Gasteiger partial charge in [-0.3, -0.25) is 5.43 Å². The van der Waals surface area contributed by atoms with Crippen LogP contribution in [0.25, 0.3) is 5.95 Å². The van der Waals surface area contributed by atoms with Gasteiger partial charge in [0.25, 0.3) is 5.95 Å². The van der Waals surface area contributed by atoms with Crippen LogP contribution in [-0.2, 0) is 0 Å². The van der Waals surface area contributed by atoms with Crippen molar-refractivity contribution in [1.29, 1.82) is 0 Å². The molecule has 1 aliphatic carbocycles. The monoisotopic (exact) mass is 274 g/mol. The fourth-order valence-corrected chi connectivity index (χ4v) is 2.14. The zero-order chi connectivity index (χ0) is 14.1. The van der Waals surface area contributed by atoms with Gasteiger partial charge in [-0.15, -0.1) is 0 Å². The van der Waals surface area contributed by atoms with Crippen LogP contribution in [0, 0.1) is 5.92 Å². The van der Waals surface area contributed by atoms with Crippen molar-refractivity contribution in [2.45, 2.75) is 25.8 Å². The molecule has 106 valence electrons. The van der Waals surface area contributed by atoms with Crippen molar-refractivity contribution in [3.63, 3.8) is 0 Å². The Hall–Kier alpha value is -2.22. The minimum Gasteiger partial charge on any atom is -0.341 e. The largest absolute Gasteiger partial charge is 0.341 e. The van der Waals surface area contributed by atoms with Gasteiger partial charge in [-0.2, -0.15) is 20.1 Å². The summed E-state index contributed by atoms with van der Waals surface area (Å²) in [4.78, 5) is 15.1. The summed E-state index contributed by atoms with van der Waals surface area (Å²) in [6.07, 6.45) is 5.99. The summed E-state index contributed by atoms with van der Waals surface area (Å²) in [6, 6.07) is 2.21. The lowest BCUT2D eigenvalue weighted by Gasteiger charge is -2.25. The van der Waals surface area contributed by atoms with Gasteiger partial charge in [0.2, 0.25) is 11.9 Å². The molecular formula is C12H18N8. The van der Waals surface area contributed by atoms with E-state index >= 15 is 0 Å². The van der Waals surface area contributed by atoms with Gasteiger partial charge in [-0.25, -0.2) is 10.5 Å². The molecule has 0 aromatic carbocycles. The number of aromatic nitrogens is 5. The van der Waals surface area contributed by atoms with E-state index < -0.39 is 0 Å². The lowest BCUT2D eigenvalue weighted by Crippen LogP contribution is -2.33. The quantitative estimate of drug-likeness (QED) is 0.607. The van der Waals surface area contributed by atoms with E-state index in [1.165, 1.54) is 12.8 Å². The molecule has 0 saturated heterocycles. The Bertz CT molecular complexity index is 577. The van der Waals surface area contributed by atoms with Crippen molar-refractivity contribution in [3.8, 4) is 5.95 Å². The number of hydrogen-bond acceptors (Lipinski definition) is 7. The number of nitrogen functional groups attached to an aromatic ring is 1. The first kappa shape index (κ1) is 12.8. The molecule has 8 heteroatoms. The van der Waals surface area contributed by atoms with Crippen LogP contribution < -0.4 is 16.2 Å². The molecule has 2 heterocycles. The summed E-state index contributed by atoms with van der Waals surface area (Å²) in [7, 11) is 1.99. The lowest BCUT2D eigenvalue weighted by molar-refractivity contribution is 0.594. The fraction of sp³-hybridized carbons (Fsp3) is 0.500. The highest BCUT2D eigenvalue weighted by Gasteiger charge is 2.31. The van der Waals surface area contributed by atoms with Crippen LogP contribution in [0.3, 0.4) is 0 Å². The topological polar surface area (TPSA) is 97.8 Å². The molecule has 20 heavy (non-hydrogen) atoms. The molecule has 1 saturated carbocycles. The number of rotatable bonds is 5. The highest BCUT2D eigenvalue weighted by atomic mass is 15.4. The first-order valence-electron chi connectivity index (χ1n) is 6.64. The van der Waals surface area contributed by atoms with Gasteiger partial charge < -0.3 is 4.90 Å². The van der Waals surface area contributed by atoms with Gasteiger partial charge >= 0.3 is 0 Å². The Labute approximate surface area is 117 Å². The molecule has 8 nitrogen and oxygen atoms in total. The van der Waals surface area contributed by atoms with Gasteiger partial charge in [-0.05, 0) is 31.7 Å². The second kappa shape index (κ2) is 5.04. The summed E-state index contributed by atoms with van der Waals surface area (Å²) in [5, 5.41) is 4.13. The van der Waals surface area contributed by atoms with Crippen LogP contribution in [0.2, 0.25) is 0 Å². The van der Waals surface area contributed by atoms with E-state index in [2.05, 4.69) is 37.3 Å². The van der Waals surface area contributed by atoms with Crippen LogP contribution in [0.15, 0.2) is 18.5 Å². The van der Waals surface area contributed by atoms with Crippen LogP contribution in [0.5, 0.6) is 0 Å². The van der Waals surface area contributed by atoms with Gasteiger partial charge in [0.15, 0.2) is 0 Å². The van der Waals surface area contributed by atoms with E-state index in [9.17, 15) is 0 Å². The summed E-state index contributed by atoms with van der Waals surface area (Å²) < 4.78 is 1.58. The van der Waals surface area contributed by atoms with E-state index in [1.54, 1.807) is 17.1 Å². The molecule has 0 spiro atoms. The van der Waals surface area contributed by atoms with Gasteiger partial charge in [0, 0.05) is 25.5 Å². The van der Waals surface area contributed by atoms with Crippen LogP contribution >= 0.6 is 0 Å². The third kappa shape index (κ3) is 2.42. The normalized spacial score (nSPS) is 15.9. The number of hydrazine groups is 1. The van der Waals surface area contributed by atoms with E-state index in [-0.39, 0.29) is 0 Å². The van der Waals surface area contributed by atoms with Crippen molar-refractivity contribution in [2.24, 2.45) is 11.8 Å². The average Bonchev–Trinajstić information content (AvgIpc) is 3.19. The molecule has 1 aliphatic rings. The van der Waals surface area contributed by atoms with E-state index in [1.807, 2.05) is 13.1 Å². The molecule has 0 amide bonds. The number of anilines is 2. The van der Waals surface area contributed by atoms with Crippen LogP contribution in [0.4, 0.5) is 11.9 Å². The molecule has 0 aliphatic heterocycles. The lowest BCUT2D eigenvalue weighted by atomic mass is 10.2. The summed E-state index contributed by atoms with van der Waals surface area (Å²) in [6.45, 7) is 2.19. The zero-order valence-electron chi connectivity index (χ0n) is 11.6. The van der Waals surface area contributed by atoms with Crippen LogP contribution in [0.1, 0.15) is 19.8 Å². The van der Waals surface area contributed by atoms with Crippen molar-refractivity contribution in [1.82, 2.24) is 24.7 Å². The molecule has 3 rings (SSSR count). The third-order valence-electron chi connectivity index (χ3n) is 3.68. The maximum atomic E-state index is 5.44. The highest BCUT2D eigenvalue weighted by molar-refractivity contribution is 5.39. The molecule has 2 aromatic heterocycles. The van der Waals surface area contributed by atoms with Gasteiger partial charge in [-0.1, -0.05) is 0 Å². The highest BCUT2D eigenvalue weighted by Crippen LogP contribution is 2.35. The molecule has 3 N–H and O–H groups in total. The Morgan fingerprint density at radius 3 is 2.80 bits per heavy atom. The predicted octanol–water partition coefficient (Wildman–Crippen LogP) is 0.578. The Balaban J connectivity index is 1.95. The summed E-state index contributed by atoms with van der Waals surface area (Å²) in [5.41, 5.74) is 2.48. The molecule has 1 fully saturated rings. The van der Waals surface area contributed by atoms with Crippen LogP contribution in [-0.4, -0.2) is 37.8 Å². The summed E-state index contributed by atoms with van der Waals surface area (Å²) in [5.74, 6) is 7.53.